The first-order valence-corrected chi connectivity index (χ1v) is 11.0. The van der Waals surface area contributed by atoms with E-state index in [9.17, 15) is 4.39 Å². The summed E-state index contributed by atoms with van der Waals surface area (Å²) in [7, 11) is 4.64. The van der Waals surface area contributed by atoms with Gasteiger partial charge in [0, 0.05) is 18.2 Å². The molecule has 6 rings (SSSR count). The standard InChI is InChI=1S/C24H25FN7/c1-32(2)15-17-10-19(32)14-30(17)18-11-27-23(28-12-18)22-20-7-5-9-26-24(20)31(29-22)13-16-6-3-4-8-21(16)25/h3-9,11-12,17,19H,10,13-15H2,1-2H3/q+1. The third-order valence-electron chi connectivity index (χ3n) is 7.03. The molecule has 0 saturated carbocycles. The third-order valence-corrected chi connectivity index (χ3v) is 7.03. The van der Waals surface area contributed by atoms with E-state index in [1.165, 1.54) is 12.5 Å². The van der Waals surface area contributed by atoms with Crippen LogP contribution in [0.1, 0.15) is 12.0 Å². The lowest BCUT2D eigenvalue weighted by molar-refractivity contribution is -0.903. The monoisotopic (exact) mass is 430 g/mol. The number of nitrogens with zero attached hydrogens (tertiary/aromatic N) is 7. The molecule has 2 aliphatic rings. The normalized spacial score (nSPS) is 21.5. The van der Waals surface area contributed by atoms with Crippen LogP contribution in [0.5, 0.6) is 0 Å². The molecule has 7 nitrogen and oxygen atoms in total. The Morgan fingerprint density at radius 1 is 1.06 bits per heavy atom. The average Bonchev–Trinajstić information content (AvgIpc) is 3.46. The van der Waals surface area contributed by atoms with Gasteiger partial charge >= 0.3 is 0 Å². The maximum atomic E-state index is 14.2. The lowest BCUT2D eigenvalue weighted by Crippen LogP contribution is -2.55. The van der Waals surface area contributed by atoms with E-state index in [1.807, 2.05) is 30.6 Å². The summed E-state index contributed by atoms with van der Waals surface area (Å²) in [6.45, 7) is 2.50. The van der Waals surface area contributed by atoms with E-state index in [0.717, 1.165) is 28.6 Å². The van der Waals surface area contributed by atoms with Gasteiger partial charge in [-0.05, 0) is 18.2 Å². The molecule has 0 N–H and O–H groups in total. The Hall–Kier alpha value is -3.39. The number of pyridine rings is 1. The molecule has 0 radical (unpaired) electrons. The first-order chi connectivity index (χ1) is 15.5. The Kier molecular flexibility index (Phi) is 4.26. The van der Waals surface area contributed by atoms with E-state index in [4.69, 9.17) is 5.10 Å². The van der Waals surface area contributed by atoms with E-state index in [0.29, 0.717) is 41.4 Å². The van der Waals surface area contributed by atoms with Crippen LogP contribution in [0.2, 0.25) is 0 Å². The summed E-state index contributed by atoms with van der Waals surface area (Å²) in [4.78, 5) is 16.3. The van der Waals surface area contributed by atoms with Crippen molar-refractivity contribution in [3.8, 4) is 11.5 Å². The number of halogens is 1. The van der Waals surface area contributed by atoms with Crippen molar-refractivity contribution in [1.82, 2.24) is 24.7 Å². The highest BCUT2D eigenvalue weighted by Crippen LogP contribution is 2.37. The van der Waals surface area contributed by atoms with Crippen LogP contribution in [-0.2, 0) is 6.54 Å². The summed E-state index contributed by atoms with van der Waals surface area (Å²) in [5.74, 6) is 0.301. The molecule has 2 aliphatic heterocycles. The number of fused-ring (bicyclic) bond motifs is 3. The quantitative estimate of drug-likeness (QED) is 0.466. The van der Waals surface area contributed by atoms with E-state index < -0.39 is 0 Å². The minimum Gasteiger partial charge on any atom is -0.354 e. The van der Waals surface area contributed by atoms with Crippen molar-refractivity contribution < 1.29 is 8.87 Å². The molecule has 0 spiro atoms. The van der Waals surface area contributed by atoms with Crippen LogP contribution in [0.25, 0.3) is 22.6 Å². The van der Waals surface area contributed by atoms with Crippen LogP contribution in [-0.4, -0.2) is 68.5 Å². The van der Waals surface area contributed by atoms with Gasteiger partial charge in [-0.1, -0.05) is 18.2 Å². The summed E-state index contributed by atoms with van der Waals surface area (Å²) >= 11 is 0. The SMILES string of the molecule is C[N+]1(C)CC2CC1CN2c1cnc(-c2nn(Cc3ccccc3F)c3ncccc23)nc1. The fourth-order valence-electron chi connectivity index (χ4n) is 5.24. The molecule has 2 bridgehead atoms. The first-order valence-electron chi connectivity index (χ1n) is 11.0. The van der Waals surface area contributed by atoms with Crippen molar-refractivity contribution in [2.45, 2.75) is 25.0 Å². The summed E-state index contributed by atoms with van der Waals surface area (Å²) in [6, 6.07) is 11.8. The molecule has 3 aromatic heterocycles. The molecule has 2 unspecified atom stereocenters. The predicted molar refractivity (Wildman–Crippen MR) is 121 cm³/mol. The number of hydrogen-bond acceptors (Lipinski definition) is 5. The number of piperazine rings is 1. The van der Waals surface area contributed by atoms with Gasteiger partial charge in [-0.2, -0.15) is 5.10 Å². The summed E-state index contributed by atoms with van der Waals surface area (Å²) < 4.78 is 17.0. The minimum absolute atomic E-state index is 0.254. The van der Waals surface area contributed by atoms with E-state index in [1.54, 1.807) is 23.0 Å². The Balaban J connectivity index is 1.32. The Bertz CT molecular complexity index is 1300. The fourth-order valence-corrected chi connectivity index (χ4v) is 5.24. The molecule has 2 atom stereocenters. The molecule has 5 heterocycles. The molecule has 8 heteroatoms. The second-order valence-electron chi connectivity index (χ2n) is 9.39. The van der Waals surface area contributed by atoms with Gasteiger partial charge < -0.3 is 9.38 Å². The zero-order valence-corrected chi connectivity index (χ0v) is 18.2. The van der Waals surface area contributed by atoms with Crippen LogP contribution in [0, 0.1) is 5.82 Å². The molecule has 4 aromatic rings. The average molecular weight is 431 g/mol. The van der Waals surface area contributed by atoms with Gasteiger partial charge in [0.05, 0.1) is 63.2 Å². The number of aromatic nitrogens is 5. The number of quaternary nitrogens is 1. The summed E-state index contributed by atoms with van der Waals surface area (Å²) in [5.41, 5.74) is 2.98. The highest BCUT2D eigenvalue weighted by Gasteiger charge is 2.50. The van der Waals surface area contributed by atoms with Crippen LogP contribution >= 0.6 is 0 Å². The predicted octanol–water partition coefficient (Wildman–Crippen LogP) is 3.11. The lowest BCUT2D eigenvalue weighted by Gasteiger charge is -2.39. The van der Waals surface area contributed by atoms with E-state index in [-0.39, 0.29) is 5.82 Å². The molecule has 2 fully saturated rings. The molecule has 2 saturated heterocycles. The van der Waals surface area contributed by atoms with Gasteiger partial charge in [0.1, 0.15) is 17.6 Å². The third kappa shape index (κ3) is 3.05. The molecular formula is C24H25FN7+. The van der Waals surface area contributed by atoms with Crippen molar-refractivity contribution in [1.29, 1.82) is 0 Å². The lowest BCUT2D eigenvalue weighted by atomic mass is 10.2. The number of anilines is 1. The van der Waals surface area contributed by atoms with Crippen LogP contribution in [0.15, 0.2) is 55.0 Å². The number of hydrogen-bond donors (Lipinski definition) is 0. The number of benzene rings is 1. The van der Waals surface area contributed by atoms with Crippen LogP contribution in [0.3, 0.4) is 0 Å². The van der Waals surface area contributed by atoms with Crippen molar-refractivity contribution in [2.75, 3.05) is 32.1 Å². The largest absolute Gasteiger partial charge is 0.354 e. The van der Waals surface area contributed by atoms with Crippen LogP contribution in [0.4, 0.5) is 10.1 Å². The smallest absolute Gasteiger partial charge is 0.180 e. The van der Waals surface area contributed by atoms with Gasteiger partial charge in [-0.25, -0.2) is 24.0 Å². The highest BCUT2D eigenvalue weighted by atomic mass is 19.1. The Labute approximate surface area is 185 Å². The molecule has 32 heavy (non-hydrogen) atoms. The van der Waals surface area contributed by atoms with Gasteiger partial charge in [-0.3, -0.25) is 0 Å². The van der Waals surface area contributed by atoms with E-state index in [2.05, 4.69) is 33.9 Å². The maximum Gasteiger partial charge on any atom is 0.180 e. The highest BCUT2D eigenvalue weighted by molar-refractivity contribution is 5.89. The second kappa shape index (κ2) is 7.06. The molecule has 162 valence electrons. The molecular weight excluding hydrogens is 405 g/mol. The first kappa shape index (κ1) is 19.3. The van der Waals surface area contributed by atoms with Crippen molar-refractivity contribution in [3.05, 3.63) is 66.4 Å². The van der Waals surface area contributed by atoms with Crippen molar-refractivity contribution in [3.63, 3.8) is 0 Å². The molecule has 0 aliphatic carbocycles. The number of likely N-dealkylation sites (tertiary alicyclic amines) is 1. The topological polar surface area (TPSA) is 59.7 Å². The molecule has 0 amide bonds. The van der Waals surface area contributed by atoms with Gasteiger partial charge in [0.15, 0.2) is 11.5 Å². The fraction of sp³-hybridized carbons (Fsp3) is 0.333. The van der Waals surface area contributed by atoms with Gasteiger partial charge in [0.2, 0.25) is 0 Å². The minimum atomic E-state index is -0.254. The Morgan fingerprint density at radius 2 is 1.88 bits per heavy atom. The van der Waals surface area contributed by atoms with Gasteiger partial charge in [0.25, 0.3) is 0 Å². The van der Waals surface area contributed by atoms with Crippen molar-refractivity contribution >= 4 is 16.7 Å². The maximum absolute atomic E-state index is 14.2. The zero-order valence-electron chi connectivity index (χ0n) is 18.2. The Morgan fingerprint density at radius 3 is 2.59 bits per heavy atom. The van der Waals surface area contributed by atoms with Gasteiger partial charge in [-0.15, -0.1) is 0 Å². The zero-order chi connectivity index (χ0) is 21.9. The van der Waals surface area contributed by atoms with Crippen molar-refractivity contribution in [2.24, 2.45) is 0 Å². The van der Waals surface area contributed by atoms with E-state index >= 15 is 0 Å². The second-order valence-corrected chi connectivity index (χ2v) is 9.39. The number of likely N-dealkylation sites (N-methyl/N-ethyl adjacent to an activating group) is 1. The summed E-state index contributed by atoms with van der Waals surface area (Å²) in [5, 5.41) is 5.58. The van der Waals surface area contributed by atoms with Crippen LogP contribution < -0.4 is 4.90 Å². The molecule has 1 aromatic carbocycles. The summed E-state index contributed by atoms with van der Waals surface area (Å²) in [6.07, 6.45) is 6.76. The number of rotatable bonds is 4.